The number of amides is 1. The van der Waals surface area contributed by atoms with Gasteiger partial charge < -0.3 is 9.80 Å². The van der Waals surface area contributed by atoms with E-state index in [2.05, 4.69) is 48.0 Å². The zero-order chi connectivity index (χ0) is 20.4. The number of carbonyl (C=O) groups excluding carboxylic acids is 1. The maximum Gasteiger partial charge on any atom is 0.274 e. The predicted molar refractivity (Wildman–Crippen MR) is 117 cm³/mol. The van der Waals surface area contributed by atoms with Gasteiger partial charge in [0.25, 0.3) is 5.91 Å². The molecule has 1 saturated heterocycles. The number of hydrogen-bond acceptors (Lipinski definition) is 5. The van der Waals surface area contributed by atoms with Crippen LogP contribution < -0.4 is 0 Å². The number of nitrogens with zero attached hydrogens (tertiary/aromatic N) is 5. The molecule has 0 saturated carbocycles. The van der Waals surface area contributed by atoms with Crippen LogP contribution in [0.2, 0.25) is 0 Å². The van der Waals surface area contributed by atoms with Gasteiger partial charge in [0.15, 0.2) is 5.69 Å². The molecule has 2 aromatic heterocycles. The molecule has 3 heterocycles. The van der Waals surface area contributed by atoms with E-state index in [1.54, 1.807) is 11.3 Å². The molecule has 0 aromatic carbocycles. The minimum Gasteiger partial charge on any atom is -0.335 e. The van der Waals surface area contributed by atoms with Crippen LogP contribution >= 0.6 is 11.3 Å². The SMILES string of the molecule is C=CCn1nc(C(=O)N2CCN(C)CC2)c2c1CCC(N(C)Cc1cccs1)C2. The molecule has 0 spiro atoms. The zero-order valence-corrected chi connectivity index (χ0v) is 18.3. The van der Waals surface area contributed by atoms with Gasteiger partial charge in [0, 0.05) is 54.9 Å². The van der Waals surface area contributed by atoms with Crippen molar-refractivity contribution >= 4 is 17.2 Å². The quantitative estimate of drug-likeness (QED) is 0.683. The summed E-state index contributed by atoms with van der Waals surface area (Å²) in [6.45, 7) is 8.90. The molecule has 1 fully saturated rings. The summed E-state index contributed by atoms with van der Waals surface area (Å²) in [7, 11) is 4.31. The van der Waals surface area contributed by atoms with Crippen LogP contribution in [0.5, 0.6) is 0 Å². The number of piperazine rings is 1. The highest BCUT2D eigenvalue weighted by Crippen LogP contribution is 2.29. The Kier molecular flexibility index (Phi) is 6.18. The first-order chi connectivity index (χ1) is 14.1. The Labute approximate surface area is 177 Å². The number of carbonyl (C=O) groups is 1. The van der Waals surface area contributed by atoms with Gasteiger partial charge in [-0.15, -0.1) is 17.9 Å². The summed E-state index contributed by atoms with van der Waals surface area (Å²) in [6.07, 6.45) is 4.82. The van der Waals surface area contributed by atoms with Gasteiger partial charge in [0.2, 0.25) is 0 Å². The number of likely N-dealkylation sites (N-methyl/N-ethyl adjacent to an activating group) is 2. The molecular weight excluding hydrogens is 382 g/mol. The van der Waals surface area contributed by atoms with Gasteiger partial charge in [0.1, 0.15) is 0 Å². The molecule has 1 atom stereocenters. The van der Waals surface area contributed by atoms with Crippen molar-refractivity contribution in [3.8, 4) is 0 Å². The molecule has 2 aromatic rings. The largest absolute Gasteiger partial charge is 0.335 e. The molecule has 1 aliphatic carbocycles. The van der Waals surface area contributed by atoms with Crippen molar-refractivity contribution in [1.29, 1.82) is 0 Å². The van der Waals surface area contributed by atoms with Crippen molar-refractivity contribution in [2.24, 2.45) is 0 Å². The van der Waals surface area contributed by atoms with E-state index in [1.807, 2.05) is 15.7 Å². The van der Waals surface area contributed by atoms with E-state index in [0.717, 1.165) is 57.5 Å². The molecule has 1 aliphatic heterocycles. The van der Waals surface area contributed by atoms with Gasteiger partial charge in [0.05, 0.1) is 6.54 Å². The fourth-order valence-electron chi connectivity index (χ4n) is 4.43. The lowest BCUT2D eigenvalue weighted by atomic mass is 9.90. The molecule has 4 rings (SSSR count). The molecule has 156 valence electrons. The molecule has 2 aliphatic rings. The number of allylic oxidation sites excluding steroid dienone is 1. The summed E-state index contributed by atoms with van der Waals surface area (Å²) in [4.78, 5) is 21.4. The van der Waals surface area contributed by atoms with Gasteiger partial charge in [-0.2, -0.15) is 5.10 Å². The Morgan fingerprint density at radius 1 is 1.38 bits per heavy atom. The van der Waals surface area contributed by atoms with Crippen molar-refractivity contribution < 1.29 is 4.79 Å². The Hall–Kier alpha value is -1.96. The minimum absolute atomic E-state index is 0.0960. The summed E-state index contributed by atoms with van der Waals surface area (Å²) in [5.74, 6) is 0.0960. The van der Waals surface area contributed by atoms with E-state index in [9.17, 15) is 4.79 Å². The molecule has 0 N–H and O–H groups in total. The second-order valence-corrected chi connectivity index (χ2v) is 9.26. The Morgan fingerprint density at radius 2 is 2.17 bits per heavy atom. The standard InChI is InChI=1S/C22H31N5OS/c1-4-9-27-20-8-7-17(25(3)16-18-6-5-14-29-18)15-19(20)21(23-27)22(28)26-12-10-24(2)11-13-26/h4-6,14,17H,1,7-13,15-16H2,2-3H3. The molecule has 29 heavy (non-hydrogen) atoms. The van der Waals surface area contributed by atoms with Crippen LogP contribution in [0.3, 0.4) is 0 Å². The van der Waals surface area contributed by atoms with Crippen LogP contribution in [0, 0.1) is 0 Å². The minimum atomic E-state index is 0.0960. The normalized spacial score (nSPS) is 20.1. The zero-order valence-electron chi connectivity index (χ0n) is 17.5. The lowest BCUT2D eigenvalue weighted by molar-refractivity contribution is 0.0655. The number of hydrogen-bond donors (Lipinski definition) is 0. The summed E-state index contributed by atoms with van der Waals surface area (Å²) in [6, 6.07) is 4.74. The molecular formula is C22H31N5OS. The number of rotatable bonds is 6. The van der Waals surface area contributed by atoms with E-state index in [1.165, 1.54) is 10.6 Å². The van der Waals surface area contributed by atoms with Crippen molar-refractivity contribution in [3.05, 3.63) is 52.0 Å². The van der Waals surface area contributed by atoms with Gasteiger partial charge in [-0.1, -0.05) is 12.1 Å². The van der Waals surface area contributed by atoms with Crippen LogP contribution in [0.1, 0.15) is 33.0 Å². The molecule has 6 nitrogen and oxygen atoms in total. The van der Waals surface area contributed by atoms with E-state index in [-0.39, 0.29) is 5.91 Å². The highest BCUT2D eigenvalue weighted by atomic mass is 32.1. The molecule has 0 bridgehead atoms. The van der Waals surface area contributed by atoms with E-state index in [4.69, 9.17) is 5.10 Å². The van der Waals surface area contributed by atoms with Crippen LogP contribution in [0.25, 0.3) is 0 Å². The van der Waals surface area contributed by atoms with E-state index < -0.39 is 0 Å². The van der Waals surface area contributed by atoms with Crippen molar-refractivity contribution in [2.45, 2.75) is 38.4 Å². The number of thiophene rings is 1. The van der Waals surface area contributed by atoms with Gasteiger partial charge in [-0.3, -0.25) is 14.4 Å². The maximum absolute atomic E-state index is 13.3. The van der Waals surface area contributed by atoms with Crippen LogP contribution in [0.4, 0.5) is 0 Å². The lowest BCUT2D eigenvalue weighted by Gasteiger charge is -2.33. The van der Waals surface area contributed by atoms with Crippen molar-refractivity contribution in [1.82, 2.24) is 24.5 Å². The number of fused-ring (bicyclic) bond motifs is 1. The van der Waals surface area contributed by atoms with Crippen LogP contribution in [0.15, 0.2) is 30.2 Å². The summed E-state index contributed by atoms with van der Waals surface area (Å²) in [5, 5.41) is 6.90. The predicted octanol–water partition coefficient (Wildman–Crippen LogP) is 2.51. The summed E-state index contributed by atoms with van der Waals surface area (Å²) < 4.78 is 2.00. The van der Waals surface area contributed by atoms with Gasteiger partial charge in [-0.05, 0) is 44.8 Å². The first-order valence-electron chi connectivity index (χ1n) is 10.5. The third kappa shape index (κ3) is 4.32. The highest BCUT2D eigenvalue weighted by molar-refractivity contribution is 7.09. The Morgan fingerprint density at radius 3 is 2.86 bits per heavy atom. The first-order valence-corrected chi connectivity index (χ1v) is 11.3. The average Bonchev–Trinajstić information content (AvgIpc) is 3.36. The molecule has 1 amide bonds. The fraction of sp³-hybridized carbons (Fsp3) is 0.545. The molecule has 1 unspecified atom stereocenters. The summed E-state index contributed by atoms with van der Waals surface area (Å²) >= 11 is 1.80. The lowest BCUT2D eigenvalue weighted by Crippen LogP contribution is -2.47. The maximum atomic E-state index is 13.3. The van der Waals surface area contributed by atoms with Crippen molar-refractivity contribution in [3.63, 3.8) is 0 Å². The smallest absolute Gasteiger partial charge is 0.274 e. The Balaban J connectivity index is 1.56. The highest BCUT2D eigenvalue weighted by Gasteiger charge is 2.33. The van der Waals surface area contributed by atoms with E-state index in [0.29, 0.717) is 18.3 Å². The monoisotopic (exact) mass is 413 g/mol. The van der Waals surface area contributed by atoms with E-state index >= 15 is 0 Å². The molecule has 0 radical (unpaired) electrons. The van der Waals surface area contributed by atoms with Crippen LogP contribution in [-0.2, 0) is 25.9 Å². The topological polar surface area (TPSA) is 44.6 Å². The van der Waals surface area contributed by atoms with Gasteiger partial charge >= 0.3 is 0 Å². The molecule has 7 heteroatoms. The second-order valence-electron chi connectivity index (χ2n) is 8.23. The van der Waals surface area contributed by atoms with Gasteiger partial charge in [-0.25, -0.2) is 0 Å². The third-order valence-corrected chi connectivity index (χ3v) is 7.09. The first kappa shape index (κ1) is 20.3. The number of aromatic nitrogens is 2. The van der Waals surface area contributed by atoms with Crippen LogP contribution in [-0.4, -0.2) is 76.7 Å². The van der Waals surface area contributed by atoms with Crippen molar-refractivity contribution in [2.75, 3.05) is 40.3 Å². The Bertz CT molecular complexity index is 851. The second kappa shape index (κ2) is 8.81. The fourth-order valence-corrected chi connectivity index (χ4v) is 5.19. The third-order valence-electron chi connectivity index (χ3n) is 6.22. The average molecular weight is 414 g/mol. The summed E-state index contributed by atoms with van der Waals surface area (Å²) in [5.41, 5.74) is 3.05.